The number of hydrogen-bond donors (Lipinski definition) is 1. The van der Waals surface area contributed by atoms with E-state index in [9.17, 15) is 0 Å². The maximum atomic E-state index is 4.37. The van der Waals surface area contributed by atoms with Crippen LogP contribution in [0.25, 0.3) is 0 Å². The van der Waals surface area contributed by atoms with Gasteiger partial charge in [-0.2, -0.15) is 0 Å². The number of nitrogens with one attached hydrogen (secondary N) is 1. The second-order valence-corrected chi connectivity index (χ2v) is 5.35. The summed E-state index contributed by atoms with van der Waals surface area (Å²) in [5.41, 5.74) is 6.05. The molecule has 2 rings (SSSR count). The van der Waals surface area contributed by atoms with Gasteiger partial charge in [-0.1, -0.05) is 18.2 Å². The molecule has 0 radical (unpaired) electrons. The van der Waals surface area contributed by atoms with Crippen molar-refractivity contribution in [1.82, 2.24) is 4.98 Å². The van der Waals surface area contributed by atoms with Gasteiger partial charge in [0.05, 0.1) is 11.4 Å². The Morgan fingerprint density at radius 1 is 1.06 bits per heavy atom. The summed E-state index contributed by atoms with van der Waals surface area (Å²) in [7, 11) is 0. The molecular formula is C15H17BrN2. The fourth-order valence-corrected chi connectivity index (χ4v) is 2.23. The number of pyridine rings is 1. The molecule has 1 aromatic carbocycles. The van der Waals surface area contributed by atoms with Crippen LogP contribution in [0.2, 0.25) is 0 Å². The Balaban J connectivity index is 2.09. The minimum absolute atomic E-state index is 0.825. The lowest BCUT2D eigenvalue weighted by atomic mass is 10.1. The van der Waals surface area contributed by atoms with Gasteiger partial charge in [-0.15, -0.1) is 0 Å². The van der Waals surface area contributed by atoms with E-state index in [2.05, 4.69) is 58.3 Å². The zero-order valence-electron chi connectivity index (χ0n) is 10.9. The van der Waals surface area contributed by atoms with E-state index < -0.39 is 0 Å². The van der Waals surface area contributed by atoms with E-state index in [-0.39, 0.29) is 0 Å². The first kappa shape index (κ1) is 13.1. The maximum absolute atomic E-state index is 4.37. The number of hydrogen-bond acceptors (Lipinski definition) is 2. The van der Waals surface area contributed by atoms with Gasteiger partial charge in [-0.05, 0) is 65.5 Å². The molecule has 0 fully saturated rings. The fraction of sp³-hybridized carbons (Fsp3) is 0.267. The first-order chi connectivity index (χ1) is 8.56. The quantitative estimate of drug-likeness (QED) is 0.851. The van der Waals surface area contributed by atoms with Gasteiger partial charge in [-0.3, -0.25) is 0 Å². The smallest absolute Gasteiger partial charge is 0.106 e. The molecule has 2 nitrogen and oxygen atoms in total. The van der Waals surface area contributed by atoms with Gasteiger partial charge in [0.25, 0.3) is 0 Å². The highest BCUT2D eigenvalue weighted by molar-refractivity contribution is 9.10. The van der Waals surface area contributed by atoms with Crippen molar-refractivity contribution < 1.29 is 0 Å². The molecule has 18 heavy (non-hydrogen) atoms. The molecule has 0 unspecified atom stereocenters. The van der Waals surface area contributed by atoms with Crippen LogP contribution in [0.15, 0.2) is 34.9 Å². The zero-order chi connectivity index (χ0) is 13.1. The number of benzene rings is 1. The molecule has 0 aliphatic carbocycles. The van der Waals surface area contributed by atoms with Gasteiger partial charge < -0.3 is 5.32 Å². The van der Waals surface area contributed by atoms with Crippen LogP contribution in [0.1, 0.15) is 22.4 Å². The summed E-state index contributed by atoms with van der Waals surface area (Å²) in [5.74, 6) is 0. The van der Waals surface area contributed by atoms with Crippen LogP contribution in [-0.2, 0) is 6.54 Å². The Hall–Kier alpha value is -1.35. The molecule has 0 aliphatic rings. The Labute approximate surface area is 117 Å². The molecule has 0 amide bonds. The zero-order valence-corrected chi connectivity index (χ0v) is 12.5. The molecule has 1 N–H and O–H groups in total. The number of anilines is 1. The lowest BCUT2D eigenvalue weighted by Crippen LogP contribution is -2.02. The minimum Gasteiger partial charge on any atom is -0.380 e. The predicted octanol–water partition coefficient (Wildman–Crippen LogP) is 4.38. The largest absolute Gasteiger partial charge is 0.380 e. The van der Waals surface area contributed by atoms with E-state index in [1.165, 1.54) is 16.7 Å². The highest BCUT2D eigenvalue weighted by atomic mass is 79.9. The van der Waals surface area contributed by atoms with Gasteiger partial charge in [0.2, 0.25) is 0 Å². The van der Waals surface area contributed by atoms with Gasteiger partial charge in [0.15, 0.2) is 0 Å². The van der Waals surface area contributed by atoms with E-state index in [1.807, 2.05) is 19.1 Å². The van der Waals surface area contributed by atoms with Crippen molar-refractivity contribution in [2.45, 2.75) is 27.3 Å². The Morgan fingerprint density at radius 3 is 2.50 bits per heavy atom. The third kappa shape index (κ3) is 3.10. The molecule has 1 aromatic heterocycles. The third-order valence-corrected chi connectivity index (χ3v) is 3.55. The predicted molar refractivity (Wildman–Crippen MR) is 79.9 cm³/mol. The van der Waals surface area contributed by atoms with Crippen LogP contribution in [0, 0.1) is 20.8 Å². The molecule has 0 spiro atoms. The molecular weight excluding hydrogens is 288 g/mol. The van der Waals surface area contributed by atoms with Crippen LogP contribution in [0.4, 0.5) is 5.69 Å². The summed E-state index contributed by atoms with van der Waals surface area (Å²) in [6.45, 7) is 7.11. The molecule has 2 aromatic rings. The van der Waals surface area contributed by atoms with Crippen LogP contribution in [0.5, 0.6) is 0 Å². The van der Waals surface area contributed by atoms with Gasteiger partial charge in [-0.25, -0.2) is 4.98 Å². The van der Waals surface area contributed by atoms with E-state index in [1.54, 1.807) is 0 Å². The Morgan fingerprint density at radius 2 is 1.83 bits per heavy atom. The number of aryl methyl sites for hydroxylation is 3. The van der Waals surface area contributed by atoms with Crippen molar-refractivity contribution in [1.29, 1.82) is 0 Å². The standard InChI is InChI=1S/C15H17BrN2/c1-10-4-5-13(8-11(10)2)9-17-14-6-7-15(16)18-12(14)3/h4-8,17H,9H2,1-3H3. The summed E-state index contributed by atoms with van der Waals surface area (Å²) < 4.78 is 0.872. The first-order valence-electron chi connectivity index (χ1n) is 5.99. The SMILES string of the molecule is Cc1ccc(CNc2ccc(Br)nc2C)cc1C. The van der Waals surface area contributed by atoms with Crippen molar-refractivity contribution in [3.8, 4) is 0 Å². The van der Waals surface area contributed by atoms with Crippen molar-refractivity contribution in [3.05, 3.63) is 57.3 Å². The normalized spacial score (nSPS) is 10.4. The third-order valence-electron chi connectivity index (χ3n) is 3.11. The first-order valence-corrected chi connectivity index (χ1v) is 6.79. The van der Waals surface area contributed by atoms with Crippen LogP contribution in [0.3, 0.4) is 0 Å². The Kier molecular flexibility index (Phi) is 4.02. The molecule has 1 heterocycles. The van der Waals surface area contributed by atoms with Crippen molar-refractivity contribution >= 4 is 21.6 Å². The van der Waals surface area contributed by atoms with Crippen molar-refractivity contribution in [2.24, 2.45) is 0 Å². The second kappa shape index (κ2) is 5.53. The van der Waals surface area contributed by atoms with E-state index in [0.717, 1.165) is 22.5 Å². The fourth-order valence-electron chi connectivity index (χ4n) is 1.83. The molecule has 0 aliphatic heterocycles. The van der Waals surface area contributed by atoms with Gasteiger partial charge >= 0.3 is 0 Å². The maximum Gasteiger partial charge on any atom is 0.106 e. The highest BCUT2D eigenvalue weighted by Gasteiger charge is 2.01. The lowest BCUT2D eigenvalue weighted by Gasteiger charge is -2.10. The second-order valence-electron chi connectivity index (χ2n) is 4.54. The molecule has 0 saturated carbocycles. The molecule has 0 bridgehead atoms. The summed E-state index contributed by atoms with van der Waals surface area (Å²) in [6.07, 6.45) is 0. The monoisotopic (exact) mass is 304 g/mol. The van der Waals surface area contributed by atoms with E-state index in [0.29, 0.717) is 0 Å². The summed E-state index contributed by atoms with van der Waals surface area (Å²) in [4.78, 5) is 4.37. The average molecular weight is 305 g/mol. The summed E-state index contributed by atoms with van der Waals surface area (Å²) in [6, 6.07) is 10.6. The van der Waals surface area contributed by atoms with Crippen molar-refractivity contribution in [3.63, 3.8) is 0 Å². The molecule has 3 heteroatoms. The van der Waals surface area contributed by atoms with E-state index >= 15 is 0 Å². The Bertz CT molecular complexity index is 564. The number of aromatic nitrogens is 1. The molecule has 0 saturated heterocycles. The van der Waals surface area contributed by atoms with Gasteiger partial charge in [0.1, 0.15) is 4.60 Å². The topological polar surface area (TPSA) is 24.9 Å². The molecule has 94 valence electrons. The highest BCUT2D eigenvalue weighted by Crippen LogP contribution is 2.17. The van der Waals surface area contributed by atoms with Crippen LogP contribution >= 0.6 is 15.9 Å². The minimum atomic E-state index is 0.825. The molecule has 0 atom stereocenters. The van der Waals surface area contributed by atoms with Gasteiger partial charge in [0, 0.05) is 6.54 Å². The number of rotatable bonds is 3. The number of halogens is 1. The summed E-state index contributed by atoms with van der Waals surface area (Å²) in [5, 5.41) is 3.42. The van der Waals surface area contributed by atoms with Crippen LogP contribution in [-0.4, -0.2) is 4.98 Å². The van der Waals surface area contributed by atoms with Crippen LogP contribution < -0.4 is 5.32 Å². The number of nitrogens with zero attached hydrogens (tertiary/aromatic N) is 1. The van der Waals surface area contributed by atoms with Crippen molar-refractivity contribution in [2.75, 3.05) is 5.32 Å². The lowest BCUT2D eigenvalue weighted by molar-refractivity contribution is 1.09. The average Bonchev–Trinajstić information content (AvgIpc) is 2.32. The van der Waals surface area contributed by atoms with E-state index in [4.69, 9.17) is 0 Å². The summed E-state index contributed by atoms with van der Waals surface area (Å²) >= 11 is 3.37.